The molecule has 0 aliphatic rings. The van der Waals surface area contributed by atoms with Crippen molar-refractivity contribution >= 4 is 16.8 Å². The molecule has 3 N–H and O–H groups in total. The number of carbonyl (C=O) groups excluding carboxylic acids is 1. The third-order valence-corrected chi connectivity index (χ3v) is 2.89. The first-order chi connectivity index (χ1) is 8.38. The monoisotopic (exact) mass is 245 g/mol. The van der Waals surface area contributed by atoms with Gasteiger partial charge < -0.3 is 15.6 Å². The average Bonchev–Trinajstić information content (AvgIpc) is 2.64. The van der Waals surface area contributed by atoms with E-state index in [-0.39, 0.29) is 5.91 Å². The van der Waals surface area contributed by atoms with Gasteiger partial charge in [0.1, 0.15) is 5.69 Å². The molecule has 0 bridgehead atoms. The topological polar surface area (TPSA) is 60.0 Å². The van der Waals surface area contributed by atoms with Crippen LogP contribution in [-0.2, 0) is 7.05 Å². The highest BCUT2D eigenvalue weighted by atomic mass is 16.1. The van der Waals surface area contributed by atoms with Crippen molar-refractivity contribution in [1.29, 1.82) is 0 Å². The minimum atomic E-state index is -0.403. The molecule has 0 aliphatic carbocycles. The Labute approximate surface area is 107 Å². The summed E-state index contributed by atoms with van der Waals surface area (Å²) in [6, 6.07) is 9.83. The van der Waals surface area contributed by atoms with E-state index in [9.17, 15) is 4.79 Å². The van der Waals surface area contributed by atoms with E-state index in [0.29, 0.717) is 12.2 Å². The Bertz CT molecular complexity index is 578. The molecule has 0 aliphatic heterocycles. The van der Waals surface area contributed by atoms with Crippen molar-refractivity contribution in [2.24, 2.45) is 12.8 Å². The highest BCUT2D eigenvalue weighted by Gasteiger charge is 2.16. The molecule has 2 aromatic rings. The number of rotatable bonds is 3. The fourth-order valence-corrected chi connectivity index (χ4v) is 1.91. The second-order valence-corrected chi connectivity index (χ2v) is 5.32. The van der Waals surface area contributed by atoms with Crippen LogP contribution in [0.4, 0.5) is 0 Å². The molecule has 2 rings (SSSR count). The van der Waals surface area contributed by atoms with Gasteiger partial charge in [0.05, 0.1) is 0 Å². The van der Waals surface area contributed by atoms with Crippen LogP contribution in [0, 0.1) is 0 Å². The van der Waals surface area contributed by atoms with Gasteiger partial charge in [-0.1, -0.05) is 18.2 Å². The lowest BCUT2D eigenvalue weighted by Gasteiger charge is -2.18. The molecule has 0 unspecified atom stereocenters. The van der Waals surface area contributed by atoms with Crippen LogP contribution in [0.2, 0.25) is 0 Å². The zero-order valence-corrected chi connectivity index (χ0v) is 11.0. The number of nitrogens with zero attached hydrogens (tertiary/aromatic N) is 1. The number of aryl methyl sites for hydroxylation is 1. The summed E-state index contributed by atoms with van der Waals surface area (Å²) in [7, 11) is 1.89. The van der Waals surface area contributed by atoms with Gasteiger partial charge in [-0.05, 0) is 26.0 Å². The Balaban J connectivity index is 2.26. The number of para-hydroxylation sites is 1. The molecule has 0 spiro atoms. The second kappa shape index (κ2) is 4.46. The summed E-state index contributed by atoms with van der Waals surface area (Å²) in [6.45, 7) is 4.22. The maximum absolute atomic E-state index is 12.1. The number of fused-ring (bicyclic) bond motifs is 1. The summed E-state index contributed by atoms with van der Waals surface area (Å²) in [5.41, 5.74) is 7.15. The zero-order chi connectivity index (χ0) is 13.3. The number of benzene rings is 1. The number of nitrogens with one attached hydrogen (secondary N) is 1. The minimum Gasteiger partial charge on any atom is -0.349 e. The Hall–Kier alpha value is -1.81. The number of carbonyl (C=O) groups is 1. The van der Waals surface area contributed by atoms with Crippen LogP contribution in [0.15, 0.2) is 30.3 Å². The molecule has 96 valence electrons. The van der Waals surface area contributed by atoms with Crippen LogP contribution < -0.4 is 11.1 Å². The number of hydrogen-bond donors (Lipinski definition) is 2. The highest BCUT2D eigenvalue weighted by molar-refractivity contribution is 5.98. The average molecular weight is 245 g/mol. The van der Waals surface area contributed by atoms with Crippen LogP contribution >= 0.6 is 0 Å². The Morgan fingerprint density at radius 1 is 1.39 bits per heavy atom. The van der Waals surface area contributed by atoms with Crippen molar-refractivity contribution < 1.29 is 4.79 Å². The first-order valence-corrected chi connectivity index (χ1v) is 6.00. The standard InChI is InChI=1S/C14H19N3O/c1-14(2,15)9-16-13(18)12-8-10-6-4-5-7-11(10)17(12)3/h4-8H,9,15H2,1-3H3,(H,16,18). The van der Waals surface area contributed by atoms with Gasteiger partial charge in [-0.25, -0.2) is 0 Å². The molecule has 18 heavy (non-hydrogen) atoms. The van der Waals surface area contributed by atoms with E-state index in [2.05, 4.69) is 5.32 Å². The van der Waals surface area contributed by atoms with E-state index in [1.165, 1.54) is 0 Å². The van der Waals surface area contributed by atoms with Crippen LogP contribution in [-0.4, -0.2) is 22.6 Å². The summed E-state index contributed by atoms with van der Waals surface area (Å²) in [5.74, 6) is -0.0905. The summed E-state index contributed by atoms with van der Waals surface area (Å²) in [4.78, 5) is 12.1. The van der Waals surface area contributed by atoms with E-state index < -0.39 is 5.54 Å². The molecule has 4 heteroatoms. The van der Waals surface area contributed by atoms with E-state index in [1.54, 1.807) is 0 Å². The van der Waals surface area contributed by atoms with Gasteiger partial charge in [0, 0.05) is 30.0 Å². The molecular formula is C14H19N3O. The third-order valence-electron chi connectivity index (χ3n) is 2.89. The predicted octanol–water partition coefficient (Wildman–Crippen LogP) is 1.65. The summed E-state index contributed by atoms with van der Waals surface area (Å²) >= 11 is 0. The minimum absolute atomic E-state index is 0.0905. The molecule has 1 heterocycles. The molecule has 0 atom stereocenters. The van der Waals surface area contributed by atoms with Gasteiger partial charge in [0.15, 0.2) is 0 Å². The lowest BCUT2D eigenvalue weighted by Crippen LogP contribution is -2.45. The Kier molecular flexibility index (Phi) is 3.13. The fourth-order valence-electron chi connectivity index (χ4n) is 1.91. The lowest BCUT2D eigenvalue weighted by atomic mass is 10.1. The fraction of sp³-hybridized carbons (Fsp3) is 0.357. The number of nitrogens with two attached hydrogens (primary N) is 1. The first-order valence-electron chi connectivity index (χ1n) is 6.00. The van der Waals surface area contributed by atoms with E-state index in [0.717, 1.165) is 10.9 Å². The maximum Gasteiger partial charge on any atom is 0.267 e. The molecule has 1 aromatic heterocycles. The Morgan fingerprint density at radius 2 is 2.06 bits per heavy atom. The molecule has 0 saturated heterocycles. The van der Waals surface area contributed by atoms with Gasteiger partial charge in [0.25, 0.3) is 5.91 Å². The molecule has 1 amide bonds. The molecule has 1 aromatic carbocycles. The first kappa shape index (κ1) is 12.6. The maximum atomic E-state index is 12.1. The van der Waals surface area contributed by atoms with Gasteiger partial charge in [-0.3, -0.25) is 4.79 Å². The summed E-state index contributed by atoms with van der Waals surface area (Å²) in [6.07, 6.45) is 0. The zero-order valence-electron chi connectivity index (χ0n) is 11.0. The largest absolute Gasteiger partial charge is 0.349 e. The lowest BCUT2D eigenvalue weighted by molar-refractivity contribution is 0.0938. The van der Waals surface area contributed by atoms with E-state index in [1.807, 2.05) is 55.8 Å². The predicted molar refractivity (Wildman–Crippen MR) is 73.5 cm³/mol. The van der Waals surface area contributed by atoms with E-state index in [4.69, 9.17) is 5.73 Å². The van der Waals surface area contributed by atoms with Crippen molar-refractivity contribution in [2.75, 3.05) is 6.54 Å². The summed E-state index contributed by atoms with van der Waals surface area (Å²) < 4.78 is 1.90. The quantitative estimate of drug-likeness (QED) is 0.863. The SMILES string of the molecule is Cn1c(C(=O)NCC(C)(C)N)cc2ccccc21. The molecule has 0 saturated carbocycles. The molecule has 0 fully saturated rings. The molecule has 0 radical (unpaired) electrons. The van der Waals surface area contributed by atoms with Crippen molar-refractivity contribution in [3.05, 3.63) is 36.0 Å². The smallest absolute Gasteiger partial charge is 0.267 e. The van der Waals surface area contributed by atoms with Crippen molar-refractivity contribution in [2.45, 2.75) is 19.4 Å². The van der Waals surface area contributed by atoms with Crippen molar-refractivity contribution in [1.82, 2.24) is 9.88 Å². The molecule has 4 nitrogen and oxygen atoms in total. The van der Waals surface area contributed by atoms with Gasteiger partial charge in [-0.15, -0.1) is 0 Å². The van der Waals surface area contributed by atoms with Crippen molar-refractivity contribution in [3.63, 3.8) is 0 Å². The van der Waals surface area contributed by atoms with Crippen LogP contribution in [0.5, 0.6) is 0 Å². The highest BCUT2D eigenvalue weighted by Crippen LogP contribution is 2.18. The number of amides is 1. The van der Waals surface area contributed by atoms with Crippen LogP contribution in [0.1, 0.15) is 24.3 Å². The van der Waals surface area contributed by atoms with E-state index >= 15 is 0 Å². The second-order valence-electron chi connectivity index (χ2n) is 5.32. The summed E-state index contributed by atoms with van der Waals surface area (Å²) in [5, 5.41) is 3.92. The van der Waals surface area contributed by atoms with Gasteiger partial charge >= 0.3 is 0 Å². The molecular weight excluding hydrogens is 226 g/mol. The van der Waals surface area contributed by atoms with Crippen LogP contribution in [0.3, 0.4) is 0 Å². The number of hydrogen-bond acceptors (Lipinski definition) is 2. The third kappa shape index (κ3) is 2.54. The number of aromatic nitrogens is 1. The Morgan fingerprint density at radius 3 is 2.67 bits per heavy atom. The van der Waals surface area contributed by atoms with Crippen molar-refractivity contribution in [3.8, 4) is 0 Å². The normalized spacial score (nSPS) is 11.8. The van der Waals surface area contributed by atoms with Gasteiger partial charge in [0.2, 0.25) is 0 Å². The van der Waals surface area contributed by atoms with Gasteiger partial charge in [-0.2, -0.15) is 0 Å². The van der Waals surface area contributed by atoms with Crippen LogP contribution in [0.25, 0.3) is 10.9 Å².